The molecular weight excluding hydrogens is 350 g/mol. The fourth-order valence-electron chi connectivity index (χ4n) is 2.42. The molecule has 3 rings (SSSR count). The zero-order valence-corrected chi connectivity index (χ0v) is 14.1. The van der Waals surface area contributed by atoms with Gasteiger partial charge >= 0.3 is 0 Å². The highest BCUT2D eigenvalue weighted by Gasteiger charge is 2.13. The van der Waals surface area contributed by atoms with Crippen molar-refractivity contribution in [2.45, 2.75) is 13.0 Å². The Morgan fingerprint density at radius 2 is 1.92 bits per heavy atom. The Bertz CT molecular complexity index is 969. The molecule has 3 nitrogen and oxygen atoms in total. The molecule has 0 bridgehead atoms. The molecule has 120 valence electrons. The molecule has 1 aromatic heterocycles. The Morgan fingerprint density at radius 1 is 1.12 bits per heavy atom. The number of nitrogens with zero attached hydrogens (tertiary/aromatic N) is 2. The number of aromatic nitrogens is 1. The van der Waals surface area contributed by atoms with E-state index in [0.29, 0.717) is 26.9 Å². The highest BCUT2D eigenvalue weighted by Crippen LogP contribution is 2.37. The average molecular weight is 361 g/mol. The molecule has 6 heteroatoms. The molecule has 2 aromatic carbocycles. The largest absolute Gasteiger partial charge is 0.476 e. The predicted molar refractivity (Wildman–Crippen MR) is 92.9 cm³/mol. The summed E-state index contributed by atoms with van der Waals surface area (Å²) in [6.07, 6.45) is 1.02. The molecule has 3 aromatic rings. The van der Waals surface area contributed by atoms with Crippen molar-refractivity contribution in [2.75, 3.05) is 0 Å². The van der Waals surface area contributed by atoms with Crippen LogP contribution in [-0.4, -0.2) is 11.1 Å². The summed E-state index contributed by atoms with van der Waals surface area (Å²) in [5.41, 5.74) is 1.39. The predicted octanol–water partition coefficient (Wildman–Crippen LogP) is 5.64. The Morgan fingerprint density at radius 3 is 2.62 bits per heavy atom. The number of pyridine rings is 1. The van der Waals surface area contributed by atoms with Crippen LogP contribution in [-0.2, 0) is 0 Å². The fraction of sp³-hybridized carbons (Fsp3) is 0.111. The molecule has 1 unspecified atom stereocenters. The van der Waals surface area contributed by atoms with Gasteiger partial charge in [-0.3, -0.25) is 0 Å². The van der Waals surface area contributed by atoms with E-state index in [0.717, 1.165) is 10.9 Å². The molecule has 0 fully saturated rings. The van der Waals surface area contributed by atoms with E-state index in [-0.39, 0.29) is 0 Å². The van der Waals surface area contributed by atoms with Gasteiger partial charge < -0.3 is 4.74 Å². The van der Waals surface area contributed by atoms with Crippen LogP contribution in [0.4, 0.5) is 4.39 Å². The second-order valence-corrected chi connectivity index (χ2v) is 5.95. The van der Waals surface area contributed by atoms with Crippen LogP contribution < -0.4 is 4.74 Å². The number of halogens is 3. The Hall–Kier alpha value is -2.35. The van der Waals surface area contributed by atoms with E-state index in [2.05, 4.69) is 4.98 Å². The van der Waals surface area contributed by atoms with Crippen LogP contribution in [0.1, 0.15) is 6.92 Å². The molecule has 0 radical (unpaired) electrons. The van der Waals surface area contributed by atoms with Gasteiger partial charge in [0.15, 0.2) is 6.10 Å². The summed E-state index contributed by atoms with van der Waals surface area (Å²) in [5, 5.41) is 10.9. The van der Waals surface area contributed by atoms with Gasteiger partial charge in [-0.25, -0.2) is 9.37 Å². The van der Waals surface area contributed by atoms with Crippen LogP contribution in [0, 0.1) is 17.1 Å². The summed E-state index contributed by atoms with van der Waals surface area (Å²) >= 11 is 12.4. The number of ether oxygens (including phenoxy) is 1. The zero-order valence-electron chi connectivity index (χ0n) is 12.6. The molecule has 0 saturated carbocycles. The Balaban J connectivity index is 2.17. The molecule has 0 amide bonds. The maximum atomic E-state index is 13.3. The van der Waals surface area contributed by atoms with Crippen LogP contribution in [0.25, 0.3) is 21.9 Å². The van der Waals surface area contributed by atoms with Crippen molar-refractivity contribution in [3.05, 3.63) is 58.6 Å². The van der Waals surface area contributed by atoms with Crippen LogP contribution in [0.3, 0.4) is 0 Å². The monoisotopic (exact) mass is 360 g/mol. The molecule has 24 heavy (non-hydrogen) atoms. The minimum absolute atomic E-state index is 0.291. The van der Waals surface area contributed by atoms with Gasteiger partial charge in [-0.1, -0.05) is 23.2 Å². The maximum Gasteiger partial charge on any atom is 0.181 e. The summed E-state index contributed by atoms with van der Waals surface area (Å²) in [5.74, 6) is 0.110. The second kappa shape index (κ2) is 6.64. The lowest BCUT2D eigenvalue weighted by molar-refractivity contribution is 0.277. The molecule has 0 spiro atoms. The highest BCUT2D eigenvalue weighted by atomic mass is 35.5. The minimum atomic E-state index is -0.580. The summed E-state index contributed by atoms with van der Waals surface area (Å²) in [7, 11) is 0. The second-order valence-electron chi connectivity index (χ2n) is 5.18. The van der Waals surface area contributed by atoms with Crippen molar-refractivity contribution in [1.82, 2.24) is 4.98 Å². The van der Waals surface area contributed by atoms with Gasteiger partial charge in [0.05, 0.1) is 5.02 Å². The van der Waals surface area contributed by atoms with Crippen molar-refractivity contribution in [2.24, 2.45) is 0 Å². The Labute approximate surface area is 148 Å². The molecule has 0 aliphatic carbocycles. The van der Waals surface area contributed by atoms with E-state index in [1.165, 1.54) is 12.1 Å². The standard InChI is InChI=1S/C18H11Cl2FN2O/c1-10(8-22)24-12-3-5-13-15(7-12)18(20)23-9-16(13)14-4-2-11(21)6-17(14)19/h2-7,9-10H,1H3. The highest BCUT2D eigenvalue weighted by molar-refractivity contribution is 6.36. The molecule has 0 aliphatic rings. The lowest BCUT2D eigenvalue weighted by Gasteiger charge is -2.12. The number of benzene rings is 2. The first-order chi connectivity index (χ1) is 11.5. The molecular formula is C18H11Cl2FN2O. The smallest absolute Gasteiger partial charge is 0.181 e. The third-order valence-electron chi connectivity index (χ3n) is 3.53. The number of rotatable bonds is 3. The van der Waals surface area contributed by atoms with Crippen LogP contribution >= 0.6 is 23.2 Å². The van der Waals surface area contributed by atoms with E-state index in [1.54, 1.807) is 31.3 Å². The molecule has 0 N–H and O–H groups in total. The topological polar surface area (TPSA) is 45.9 Å². The number of fused-ring (bicyclic) bond motifs is 1. The van der Waals surface area contributed by atoms with Gasteiger partial charge in [0, 0.05) is 22.7 Å². The normalized spacial score (nSPS) is 12.0. The van der Waals surface area contributed by atoms with Crippen LogP contribution in [0.15, 0.2) is 42.6 Å². The first kappa shape index (κ1) is 16.5. The minimum Gasteiger partial charge on any atom is -0.476 e. The molecule has 1 atom stereocenters. The van der Waals surface area contributed by atoms with Gasteiger partial charge in [0.2, 0.25) is 0 Å². The number of hydrogen-bond donors (Lipinski definition) is 0. The quantitative estimate of drug-likeness (QED) is 0.567. The lowest BCUT2D eigenvalue weighted by Crippen LogP contribution is -2.07. The van der Waals surface area contributed by atoms with Crippen molar-refractivity contribution < 1.29 is 9.13 Å². The van der Waals surface area contributed by atoms with Crippen molar-refractivity contribution in [3.63, 3.8) is 0 Å². The SMILES string of the molecule is CC(C#N)Oc1ccc2c(-c3ccc(F)cc3Cl)cnc(Cl)c2c1. The molecule has 1 heterocycles. The Kier molecular flexibility index (Phi) is 4.57. The average Bonchev–Trinajstić information content (AvgIpc) is 2.56. The molecule has 0 aliphatic heterocycles. The van der Waals surface area contributed by atoms with Crippen LogP contribution in [0.2, 0.25) is 10.2 Å². The fourth-order valence-corrected chi connectivity index (χ4v) is 2.89. The van der Waals surface area contributed by atoms with E-state index < -0.39 is 11.9 Å². The van der Waals surface area contributed by atoms with Gasteiger partial charge in [-0.15, -0.1) is 0 Å². The zero-order chi connectivity index (χ0) is 17.3. The van der Waals surface area contributed by atoms with E-state index in [1.807, 2.05) is 12.1 Å². The van der Waals surface area contributed by atoms with Crippen LogP contribution in [0.5, 0.6) is 5.75 Å². The molecule has 0 saturated heterocycles. The summed E-state index contributed by atoms with van der Waals surface area (Å²) in [6.45, 7) is 1.65. The van der Waals surface area contributed by atoms with Gasteiger partial charge in [-0.2, -0.15) is 5.26 Å². The third kappa shape index (κ3) is 3.14. The van der Waals surface area contributed by atoms with Crippen molar-refractivity contribution in [3.8, 4) is 22.9 Å². The first-order valence-electron chi connectivity index (χ1n) is 7.09. The summed E-state index contributed by atoms with van der Waals surface area (Å²) < 4.78 is 18.8. The van der Waals surface area contributed by atoms with Gasteiger partial charge in [0.1, 0.15) is 22.8 Å². The van der Waals surface area contributed by atoms with Gasteiger partial charge in [0.25, 0.3) is 0 Å². The lowest BCUT2D eigenvalue weighted by atomic mass is 10.0. The van der Waals surface area contributed by atoms with E-state index in [4.69, 9.17) is 33.2 Å². The van der Waals surface area contributed by atoms with Crippen molar-refractivity contribution in [1.29, 1.82) is 5.26 Å². The first-order valence-corrected chi connectivity index (χ1v) is 7.85. The van der Waals surface area contributed by atoms with E-state index >= 15 is 0 Å². The number of hydrogen-bond acceptors (Lipinski definition) is 3. The third-order valence-corrected chi connectivity index (χ3v) is 4.14. The van der Waals surface area contributed by atoms with Gasteiger partial charge in [-0.05, 0) is 48.7 Å². The maximum absolute atomic E-state index is 13.3. The summed E-state index contributed by atoms with van der Waals surface area (Å²) in [6, 6.07) is 11.5. The summed E-state index contributed by atoms with van der Waals surface area (Å²) in [4.78, 5) is 4.18. The van der Waals surface area contributed by atoms with Crippen molar-refractivity contribution >= 4 is 34.0 Å². The van der Waals surface area contributed by atoms with E-state index in [9.17, 15) is 4.39 Å². The number of nitriles is 1.